The minimum absolute atomic E-state index is 0.0116. The third-order valence-corrected chi connectivity index (χ3v) is 4.30. The van der Waals surface area contributed by atoms with E-state index in [2.05, 4.69) is 0 Å². The summed E-state index contributed by atoms with van der Waals surface area (Å²) in [4.78, 5) is 24.7. The molecule has 0 amide bonds. The van der Waals surface area contributed by atoms with Crippen molar-refractivity contribution in [2.75, 3.05) is 14.2 Å². The molecule has 0 aromatic heterocycles. The highest BCUT2D eigenvalue weighted by atomic mass is 16.5. The van der Waals surface area contributed by atoms with E-state index in [0.29, 0.717) is 22.6 Å². The van der Waals surface area contributed by atoms with Crippen LogP contribution in [-0.4, -0.2) is 32.1 Å². The molecule has 1 atom stereocenters. The molecule has 0 aliphatic heterocycles. The molecule has 5 nitrogen and oxygen atoms in total. The predicted octanol–water partition coefficient (Wildman–Crippen LogP) is 3.68. The number of methoxy groups -OCH3 is 2. The van der Waals surface area contributed by atoms with Gasteiger partial charge >= 0.3 is 5.97 Å². The molecule has 0 heterocycles. The lowest BCUT2D eigenvalue weighted by Gasteiger charge is -2.14. The maximum Gasteiger partial charge on any atom is 0.311 e. The Morgan fingerprint density at radius 3 is 2.31 bits per heavy atom. The number of ketones is 1. The van der Waals surface area contributed by atoms with Crippen LogP contribution in [0.25, 0.3) is 0 Å². The van der Waals surface area contributed by atoms with Gasteiger partial charge in [-0.1, -0.05) is 18.2 Å². The SMILES string of the molecule is COc1ccc(CC(=O)OC(C)C(=O)c2ccc(C)c(C)c2)c(OC)c1. The topological polar surface area (TPSA) is 61.8 Å². The summed E-state index contributed by atoms with van der Waals surface area (Å²) < 4.78 is 15.7. The van der Waals surface area contributed by atoms with E-state index in [0.717, 1.165) is 11.1 Å². The van der Waals surface area contributed by atoms with E-state index in [4.69, 9.17) is 14.2 Å². The first-order chi connectivity index (χ1) is 12.3. The minimum Gasteiger partial charge on any atom is -0.497 e. The summed E-state index contributed by atoms with van der Waals surface area (Å²) in [5.41, 5.74) is 3.34. The van der Waals surface area contributed by atoms with Gasteiger partial charge in [0.05, 0.1) is 20.6 Å². The number of rotatable bonds is 7. The van der Waals surface area contributed by atoms with Crippen LogP contribution < -0.4 is 9.47 Å². The van der Waals surface area contributed by atoms with Crippen molar-refractivity contribution in [1.82, 2.24) is 0 Å². The number of carbonyl (C=O) groups excluding carboxylic acids is 2. The summed E-state index contributed by atoms with van der Waals surface area (Å²) in [5.74, 6) is 0.466. The van der Waals surface area contributed by atoms with Gasteiger partial charge in [0.25, 0.3) is 0 Å². The van der Waals surface area contributed by atoms with Crippen LogP contribution in [-0.2, 0) is 16.0 Å². The molecule has 2 aromatic carbocycles. The quantitative estimate of drug-likeness (QED) is 0.559. The molecule has 0 aliphatic rings. The van der Waals surface area contributed by atoms with E-state index in [-0.39, 0.29) is 12.2 Å². The van der Waals surface area contributed by atoms with Gasteiger partial charge in [-0.3, -0.25) is 9.59 Å². The number of carbonyl (C=O) groups is 2. The van der Waals surface area contributed by atoms with Gasteiger partial charge in [-0.15, -0.1) is 0 Å². The number of aryl methyl sites for hydroxylation is 2. The normalized spacial score (nSPS) is 11.6. The van der Waals surface area contributed by atoms with Gasteiger partial charge in [0, 0.05) is 17.2 Å². The van der Waals surface area contributed by atoms with Gasteiger partial charge in [-0.25, -0.2) is 0 Å². The lowest BCUT2D eigenvalue weighted by atomic mass is 10.0. The van der Waals surface area contributed by atoms with Gasteiger partial charge in [-0.2, -0.15) is 0 Å². The Balaban J connectivity index is 2.05. The van der Waals surface area contributed by atoms with E-state index in [9.17, 15) is 9.59 Å². The fourth-order valence-corrected chi connectivity index (χ4v) is 2.58. The number of esters is 1. The van der Waals surface area contributed by atoms with Crippen LogP contribution in [0.2, 0.25) is 0 Å². The molecular weight excluding hydrogens is 332 g/mol. The molecule has 2 rings (SSSR count). The second kappa shape index (κ2) is 8.52. The predicted molar refractivity (Wildman–Crippen MR) is 99.1 cm³/mol. The molecule has 5 heteroatoms. The molecule has 26 heavy (non-hydrogen) atoms. The Labute approximate surface area is 153 Å². The Hall–Kier alpha value is -2.82. The minimum atomic E-state index is -0.853. The number of Topliss-reactive ketones (excluding diaryl/α,β-unsaturated/α-hetero) is 1. The fraction of sp³-hybridized carbons (Fsp3) is 0.333. The fourth-order valence-electron chi connectivity index (χ4n) is 2.58. The Morgan fingerprint density at radius 2 is 1.69 bits per heavy atom. The average Bonchev–Trinajstić information content (AvgIpc) is 2.63. The molecule has 0 fully saturated rings. The van der Waals surface area contributed by atoms with E-state index in [1.807, 2.05) is 26.0 Å². The second-order valence-corrected chi connectivity index (χ2v) is 6.15. The van der Waals surface area contributed by atoms with E-state index in [1.165, 1.54) is 7.11 Å². The van der Waals surface area contributed by atoms with E-state index in [1.54, 1.807) is 38.3 Å². The van der Waals surface area contributed by atoms with Crippen LogP contribution in [0.4, 0.5) is 0 Å². The van der Waals surface area contributed by atoms with Crippen LogP contribution in [0, 0.1) is 13.8 Å². The lowest BCUT2D eigenvalue weighted by Crippen LogP contribution is -2.25. The maximum absolute atomic E-state index is 12.5. The molecule has 0 bridgehead atoms. The number of benzene rings is 2. The number of hydrogen-bond donors (Lipinski definition) is 0. The van der Waals surface area contributed by atoms with Crippen LogP contribution in [0.5, 0.6) is 11.5 Å². The van der Waals surface area contributed by atoms with Crippen molar-refractivity contribution in [3.63, 3.8) is 0 Å². The van der Waals surface area contributed by atoms with Gasteiger partial charge in [0.2, 0.25) is 5.78 Å². The van der Waals surface area contributed by atoms with Crippen molar-refractivity contribution < 1.29 is 23.8 Å². The van der Waals surface area contributed by atoms with Gasteiger partial charge in [0.15, 0.2) is 6.10 Å². The van der Waals surface area contributed by atoms with Crippen LogP contribution in [0.1, 0.15) is 34.0 Å². The van der Waals surface area contributed by atoms with Crippen molar-refractivity contribution in [2.45, 2.75) is 33.3 Å². The van der Waals surface area contributed by atoms with Crippen LogP contribution in [0.15, 0.2) is 36.4 Å². The van der Waals surface area contributed by atoms with E-state index >= 15 is 0 Å². The van der Waals surface area contributed by atoms with Crippen molar-refractivity contribution in [3.05, 3.63) is 58.7 Å². The summed E-state index contributed by atoms with van der Waals surface area (Å²) in [6.45, 7) is 5.51. The highest BCUT2D eigenvalue weighted by Gasteiger charge is 2.21. The van der Waals surface area contributed by atoms with Gasteiger partial charge in [-0.05, 0) is 44.0 Å². The standard InChI is InChI=1S/C21H24O5/c1-13-6-7-17(10-14(13)2)21(23)15(3)26-20(22)11-16-8-9-18(24-4)12-19(16)25-5/h6-10,12,15H,11H2,1-5H3. The molecular formula is C21H24O5. The zero-order valence-electron chi connectivity index (χ0n) is 15.8. The summed E-state index contributed by atoms with van der Waals surface area (Å²) >= 11 is 0. The molecule has 0 spiro atoms. The molecule has 0 saturated heterocycles. The third kappa shape index (κ3) is 4.63. The maximum atomic E-state index is 12.5. The summed E-state index contributed by atoms with van der Waals surface area (Å²) in [6.07, 6.45) is -0.841. The highest BCUT2D eigenvalue weighted by Crippen LogP contribution is 2.25. The zero-order valence-corrected chi connectivity index (χ0v) is 15.8. The first-order valence-electron chi connectivity index (χ1n) is 8.37. The Kier molecular flexibility index (Phi) is 6.39. The van der Waals surface area contributed by atoms with Gasteiger partial charge in [0.1, 0.15) is 11.5 Å². The first kappa shape index (κ1) is 19.5. The molecule has 0 saturated carbocycles. The largest absolute Gasteiger partial charge is 0.497 e. The van der Waals surface area contributed by atoms with Crippen LogP contribution in [0.3, 0.4) is 0 Å². The third-order valence-electron chi connectivity index (χ3n) is 4.30. The zero-order chi connectivity index (χ0) is 19.3. The molecule has 138 valence electrons. The summed E-state index contributed by atoms with van der Waals surface area (Å²) in [6, 6.07) is 10.6. The first-order valence-corrected chi connectivity index (χ1v) is 8.37. The van der Waals surface area contributed by atoms with E-state index < -0.39 is 12.1 Å². The summed E-state index contributed by atoms with van der Waals surface area (Å²) in [5, 5.41) is 0. The molecule has 1 unspecified atom stereocenters. The Bertz CT molecular complexity index is 810. The van der Waals surface area contributed by atoms with Crippen molar-refractivity contribution in [3.8, 4) is 11.5 Å². The molecule has 0 N–H and O–H groups in total. The number of hydrogen-bond acceptors (Lipinski definition) is 5. The second-order valence-electron chi connectivity index (χ2n) is 6.15. The molecule has 0 aliphatic carbocycles. The Morgan fingerprint density at radius 1 is 0.962 bits per heavy atom. The van der Waals surface area contributed by atoms with Gasteiger partial charge < -0.3 is 14.2 Å². The van der Waals surface area contributed by atoms with Crippen LogP contribution >= 0.6 is 0 Å². The average molecular weight is 356 g/mol. The number of ether oxygens (including phenoxy) is 3. The highest BCUT2D eigenvalue weighted by molar-refractivity contribution is 6.00. The monoisotopic (exact) mass is 356 g/mol. The smallest absolute Gasteiger partial charge is 0.311 e. The van der Waals surface area contributed by atoms with Crippen molar-refractivity contribution >= 4 is 11.8 Å². The molecule has 0 radical (unpaired) electrons. The lowest BCUT2D eigenvalue weighted by molar-refractivity contribution is -0.145. The van der Waals surface area contributed by atoms with Crippen molar-refractivity contribution in [2.24, 2.45) is 0 Å². The molecule has 2 aromatic rings. The summed E-state index contributed by atoms with van der Waals surface area (Å²) in [7, 11) is 3.08. The van der Waals surface area contributed by atoms with Crippen molar-refractivity contribution in [1.29, 1.82) is 0 Å².